The van der Waals surface area contributed by atoms with Gasteiger partial charge in [-0.2, -0.15) is 0 Å². The summed E-state index contributed by atoms with van der Waals surface area (Å²) in [6.45, 7) is 1.88. The molecule has 2 aliphatic rings. The second kappa shape index (κ2) is 7.58. The summed E-state index contributed by atoms with van der Waals surface area (Å²) in [7, 11) is -6.74. The van der Waals surface area contributed by atoms with Crippen LogP contribution in [0.5, 0.6) is 0 Å². The van der Waals surface area contributed by atoms with Crippen LogP contribution in [0.25, 0.3) is 0 Å². The predicted molar refractivity (Wildman–Crippen MR) is 103 cm³/mol. The summed E-state index contributed by atoms with van der Waals surface area (Å²) < 4.78 is 55.8. The maximum Gasteiger partial charge on any atom is 0.318 e. The number of nitrogens with one attached hydrogen (secondary N) is 1. The number of hydrogen-bond acceptors (Lipinski definition) is 8. The monoisotopic (exact) mass is 431 g/mol. The smallest absolute Gasteiger partial charge is 0.318 e. The minimum atomic E-state index is -3.54. The van der Waals surface area contributed by atoms with E-state index in [2.05, 4.69) is 14.7 Å². The summed E-state index contributed by atoms with van der Waals surface area (Å²) in [5.74, 6) is -0.560. The van der Waals surface area contributed by atoms with Crippen molar-refractivity contribution in [1.82, 2.24) is 9.97 Å². The summed E-state index contributed by atoms with van der Waals surface area (Å²) in [4.78, 5) is 21.1. The topological polar surface area (TPSA) is 132 Å². The van der Waals surface area contributed by atoms with E-state index >= 15 is 0 Å². The Morgan fingerprint density at radius 2 is 1.82 bits per heavy atom. The molecule has 1 N–H and O–H groups in total. The van der Waals surface area contributed by atoms with E-state index in [1.165, 1.54) is 12.5 Å². The van der Waals surface area contributed by atoms with Gasteiger partial charge in [0, 0.05) is 12.5 Å². The zero-order valence-electron chi connectivity index (χ0n) is 15.9. The average molecular weight is 432 g/mol. The molecule has 2 fully saturated rings. The lowest BCUT2D eigenvalue weighted by atomic mass is 9.71. The van der Waals surface area contributed by atoms with Crippen LogP contribution in [0.3, 0.4) is 0 Å². The van der Waals surface area contributed by atoms with Crippen molar-refractivity contribution in [1.29, 1.82) is 0 Å². The predicted octanol–water partition coefficient (Wildman–Crippen LogP) is 1.17. The van der Waals surface area contributed by atoms with Crippen LogP contribution in [0.4, 0.5) is 5.95 Å². The van der Waals surface area contributed by atoms with Crippen LogP contribution < -0.4 is 4.72 Å². The minimum Gasteiger partial charge on any atom is -0.465 e. The largest absolute Gasteiger partial charge is 0.465 e. The lowest BCUT2D eigenvalue weighted by Gasteiger charge is -2.37. The van der Waals surface area contributed by atoms with Gasteiger partial charge in [-0.25, -0.2) is 26.8 Å². The quantitative estimate of drug-likeness (QED) is 0.636. The Labute approximate surface area is 165 Å². The zero-order chi connectivity index (χ0) is 20.6. The molecule has 0 saturated heterocycles. The summed E-state index contributed by atoms with van der Waals surface area (Å²) in [6, 6.07) is 1.56. The third kappa shape index (κ3) is 4.29. The highest BCUT2D eigenvalue weighted by molar-refractivity contribution is 7.93. The van der Waals surface area contributed by atoms with Gasteiger partial charge in [0.05, 0.1) is 22.8 Å². The normalized spacial score (nSPS) is 25.9. The average Bonchev–Trinajstić information content (AvgIpc) is 3.47. The maximum atomic E-state index is 12.8. The van der Waals surface area contributed by atoms with Gasteiger partial charge in [0.15, 0.2) is 0 Å². The molecular formula is C17H25N3O6S2. The number of carbonyl (C=O) groups is 1. The van der Waals surface area contributed by atoms with Crippen molar-refractivity contribution in [3.8, 4) is 0 Å². The minimum absolute atomic E-state index is 0.0849. The Morgan fingerprint density at radius 1 is 1.18 bits per heavy atom. The van der Waals surface area contributed by atoms with E-state index in [-0.39, 0.29) is 25.4 Å². The molecule has 156 valence electrons. The molecule has 0 aliphatic heterocycles. The molecule has 1 aromatic heterocycles. The third-order valence-electron chi connectivity index (χ3n) is 5.40. The summed E-state index contributed by atoms with van der Waals surface area (Å²) >= 11 is 0. The Balaban J connectivity index is 1.91. The van der Waals surface area contributed by atoms with E-state index in [4.69, 9.17) is 4.74 Å². The summed E-state index contributed by atoms with van der Waals surface area (Å²) in [6.07, 6.45) is 4.95. The van der Waals surface area contributed by atoms with Gasteiger partial charge in [0.25, 0.3) is 0 Å². The molecule has 0 bridgehead atoms. The van der Waals surface area contributed by atoms with Crippen molar-refractivity contribution in [3.05, 3.63) is 18.0 Å². The first-order valence-electron chi connectivity index (χ1n) is 9.30. The molecular weight excluding hydrogens is 406 g/mol. The van der Waals surface area contributed by atoms with E-state index in [0.29, 0.717) is 31.4 Å². The van der Waals surface area contributed by atoms with Crippen LogP contribution in [0, 0.1) is 0 Å². The van der Waals surface area contributed by atoms with Gasteiger partial charge in [-0.05, 0) is 51.5 Å². The Bertz CT molecular complexity index is 949. The van der Waals surface area contributed by atoms with E-state index in [9.17, 15) is 21.6 Å². The van der Waals surface area contributed by atoms with Gasteiger partial charge in [-0.3, -0.25) is 9.52 Å². The molecule has 0 radical (unpaired) electrons. The Kier molecular flexibility index (Phi) is 5.68. The molecule has 2 aliphatic carbocycles. The number of sulfonamides is 1. The van der Waals surface area contributed by atoms with Gasteiger partial charge in [0.2, 0.25) is 16.0 Å². The maximum absolute atomic E-state index is 12.8. The van der Waals surface area contributed by atoms with Gasteiger partial charge < -0.3 is 4.74 Å². The van der Waals surface area contributed by atoms with Crippen molar-refractivity contribution < 1.29 is 26.4 Å². The van der Waals surface area contributed by atoms with Crippen molar-refractivity contribution >= 4 is 31.8 Å². The summed E-state index contributed by atoms with van der Waals surface area (Å²) in [5.41, 5.74) is -0.763. The zero-order valence-corrected chi connectivity index (χ0v) is 17.6. The Morgan fingerprint density at radius 3 is 2.36 bits per heavy atom. The van der Waals surface area contributed by atoms with Crippen LogP contribution >= 0.6 is 0 Å². The lowest BCUT2D eigenvalue weighted by Crippen LogP contribution is -2.44. The van der Waals surface area contributed by atoms with Gasteiger partial charge in [0.1, 0.15) is 15.3 Å². The molecule has 0 unspecified atom stereocenters. The number of esters is 1. The van der Waals surface area contributed by atoms with Crippen molar-refractivity contribution in [2.24, 2.45) is 0 Å². The van der Waals surface area contributed by atoms with Crippen molar-refractivity contribution in [2.45, 2.75) is 61.4 Å². The number of anilines is 1. The van der Waals surface area contributed by atoms with Crippen molar-refractivity contribution in [2.75, 3.05) is 17.6 Å². The Hall–Kier alpha value is -1.75. The van der Waals surface area contributed by atoms with Gasteiger partial charge in [-0.1, -0.05) is 0 Å². The molecule has 11 heteroatoms. The van der Waals surface area contributed by atoms with E-state index in [0.717, 1.165) is 0 Å². The molecule has 1 aromatic rings. The van der Waals surface area contributed by atoms with Crippen LogP contribution in [0.1, 0.15) is 51.1 Å². The molecule has 0 amide bonds. The number of carbonyl (C=O) groups excluding carboxylic acids is 1. The van der Waals surface area contributed by atoms with Crippen LogP contribution in [0.2, 0.25) is 0 Å². The molecule has 1 heterocycles. The molecule has 3 rings (SSSR count). The fourth-order valence-electron chi connectivity index (χ4n) is 3.61. The van der Waals surface area contributed by atoms with Crippen molar-refractivity contribution in [3.63, 3.8) is 0 Å². The number of hydrogen-bond donors (Lipinski definition) is 1. The number of ether oxygens (including phenoxy) is 1. The highest BCUT2D eigenvalue weighted by Crippen LogP contribution is 2.42. The van der Waals surface area contributed by atoms with E-state index in [1.54, 1.807) is 13.0 Å². The number of sulfone groups is 1. The second-order valence-corrected chi connectivity index (χ2v) is 11.7. The fourth-order valence-corrected chi connectivity index (χ4v) is 5.98. The third-order valence-corrected chi connectivity index (χ3v) is 8.90. The van der Waals surface area contributed by atoms with E-state index in [1.807, 2.05) is 0 Å². The molecule has 0 atom stereocenters. The molecule has 2 saturated carbocycles. The standard InChI is InChI=1S/C17H25N3O6S2/c1-3-26-15(21)17(9-6-12(7-10-17)27(2,22)23)14-8-11-18-16(19-14)20-28(24,25)13-4-5-13/h8,11-13H,3-7,9-10H2,1-2H3,(H,18,19,20). The second-order valence-electron chi connectivity index (χ2n) is 7.44. The van der Waals surface area contributed by atoms with Crippen LogP contribution in [-0.4, -0.2) is 56.1 Å². The highest BCUT2D eigenvalue weighted by Gasteiger charge is 2.47. The molecule has 0 aromatic carbocycles. The lowest BCUT2D eigenvalue weighted by molar-refractivity contribution is -0.151. The van der Waals surface area contributed by atoms with E-state index < -0.39 is 41.7 Å². The first-order chi connectivity index (χ1) is 13.1. The van der Waals surface area contributed by atoms with Crippen LogP contribution in [0.15, 0.2) is 12.3 Å². The summed E-state index contributed by atoms with van der Waals surface area (Å²) in [5, 5.41) is -0.936. The van der Waals surface area contributed by atoms with Gasteiger partial charge >= 0.3 is 5.97 Å². The first-order valence-corrected chi connectivity index (χ1v) is 12.8. The number of nitrogens with zero attached hydrogens (tertiary/aromatic N) is 2. The number of aromatic nitrogens is 2. The fraction of sp³-hybridized carbons (Fsp3) is 0.706. The first kappa shape index (κ1) is 21.0. The SMILES string of the molecule is CCOC(=O)C1(c2ccnc(NS(=O)(=O)C3CC3)n2)CCC(S(C)(=O)=O)CC1. The molecule has 28 heavy (non-hydrogen) atoms. The van der Waals surface area contributed by atoms with Crippen LogP contribution in [-0.2, 0) is 34.8 Å². The molecule has 9 nitrogen and oxygen atoms in total. The van der Waals surface area contributed by atoms with Gasteiger partial charge in [-0.15, -0.1) is 0 Å². The molecule has 0 spiro atoms. The highest BCUT2D eigenvalue weighted by atomic mass is 32.2. The number of rotatable bonds is 7.